The second-order valence-corrected chi connectivity index (χ2v) is 6.44. The van der Waals surface area contributed by atoms with Crippen LogP contribution in [0.5, 0.6) is 5.75 Å². The zero-order chi connectivity index (χ0) is 14.1. The van der Waals surface area contributed by atoms with Gasteiger partial charge in [0.2, 0.25) is 0 Å². The monoisotopic (exact) mass is 295 g/mol. The number of benzene rings is 1. The van der Waals surface area contributed by atoms with E-state index in [2.05, 4.69) is 4.90 Å². The minimum absolute atomic E-state index is 0.234. The standard InChI is InChI=1S/C16H22ClNO2/c1-11(19)7-15-3-2-5-18(15)10-13-9-14(17)8-12-4-6-20-16(12)13/h8-9,11,15,19H,2-7,10H2,1H3. The summed E-state index contributed by atoms with van der Waals surface area (Å²) in [6, 6.07) is 4.53. The molecule has 110 valence electrons. The van der Waals surface area contributed by atoms with Gasteiger partial charge >= 0.3 is 0 Å². The molecule has 1 aromatic rings. The maximum atomic E-state index is 9.62. The summed E-state index contributed by atoms with van der Waals surface area (Å²) in [5.74, 6) is 1.04. The minimum Gasteiger partial charge on any atom is -0.493 e. The smallest absolute Gasteiger partial charge is 0.127 e. The Kier molecular flexibility index (Phi) is 4.20. The summed E-state index contributed by atoms with van der Waals surface area (Å²) in [5.41, 5.74) is 2.43. The van der Waals surface area contributed by atoms with E-state index in [1.54, 1.807) is 0 Å². The number of ether oxygens (including phenoxy) is 1. The highest BCUT2D eigenvalue weighted by Crippen LogP contribution is 2.35. The van der Waals surface area contributed by atoms with Crippen LogP contribution in [0.3, 0.4) is 0 Å². The van der Waals surface area contributed by atoms with Crippen LogP contribution in [0, 0.1) is 0 Å². The molecular weight excluding hydrogens is 274 g/mol. The normalized spacial score (nSPS) is 23.6. The Morgan fingerprint density at radius 1 is 1.50 bits per heavy atom. The third-order valence-corrected chi connectivity index (χ3v) is 4.53. The fourth-order valence-corrected chi connectivity index (χ4v) is 3.71. The van der Waals surface area contributed by atoms with E-state index in [0.717, 1.165) is 43.3 Å². The predicted molar refractivity (Wildman–Crippen MR) is 80.4 cm³/mol. The lowest BCUT2D eigenvalue weighted by Gasteiger charge is -2.26. The van der Waals surface area contributed by atoms with Crippen LogP contribution in [0.15, 0.2) is 12.1 Å². The molecule has 0 saturated carbocycles. The van der Waals surface area contributed by atoms with Crippen molar-refractivity contribution in [2.45, 2.75) is 51.3 Å². The number of halogens is 1. The molecule has 1 N–H and O–H groups in total. The van der Waals surface area contributed by atoms with Gasteiger partial charge in [0.1, 0.15) is 5.75 Å². The zero-order valence-corrected chi connectivity index (χ0v) is 12.7. The number of nitrogens with zero attached hydrogens (tertiary/aromatic N) is 1. The average Bonchev–Trinajstić information content (AvgIpc) is 2.98. The van der Waals surface area contributed by atoms with E-state index < -0.39 is 0 Å². The molecule has 3 nitrogen and oxygen atoms in total. The quantitative estimate of drug-likeness (QED) is 0.927. The van der Waals surface area contributed by atoms with Gasteiger partial charge in [-0.15, -0.1) is 0 Å². The second-order valence-electron chi connectivity index (χ2n) is 6.00. The first-order valence-electron chi connectivity index (χ1n) is 7.49. The third-order valence-electron chi connectivity index (χ3n) is 4.31. The molecule has 2 aliphatic heterocycles. The number of likely N-dealkylation sites (tertiary alicyclic amines) is 1. The van der Waals surface area contributed by atoms with Crippen molar-refractivity contribution in [1.82, 2.24) is 4.90 Å². The molecule has 2 unspecified atom stereocenters. The van der Waals surface area contributed by atoms with E-state index in [-0.39, 0.29) is 6.10 Å². The van der Waals surface area contributed by atoms with Gasteiger partial charge in [0.15, 0.2) is 0 Å². The molecule has 1 saturated heterocycles. The van der Waals surface area contributed by atoms with Crippen LogP contribution in [-0.4, -0.2) is 35.3 Å². The van der Waals surface area contributed by atoms with Crippen molar-refractivity contribution in [2.24, 2.45) is 0 Å². The highest BCUT2D eigenvalue weighted by molar-refractivity contribution is 6.30. The van der Waals surface area contributed by atoms with E-state index in [1.165, 1.54) is 24.0 Å². The van der Waals surface area contributed by atoms with Crippen molar-refractivity contribution >= 4 is 11.6 Å². The minimum atomic E-state index is -0.234. The van der Waals surface area contributed by atoms with Crippen molar-refractivity contribution in [3.63, 3.8) is 0 Å². The highest BCUT2D eigenvalue weighted by atomic mass is 35.5. The Morgan fingerprint density at radius 3 is 3.15 bits per heavy atom. The van der Waals surface area contributed by atoms with Crippen LogP contribution in [0.1, 0.15) is 37.3 Å². The average molecular weight is 296 g/mol. The van der Waals surface area contributed by atoms with Gasteiger partial charge < -0.3 is 9.84 Å². The maximum Gasteiger partial charge on any atom is 0.127 e. The molecule has 0 bridgehead atoms. The summed E-state index contributed by atoms with van der Waals surface area (Å²) >= 11 is 6.22. The lowest BCUT2D eigenvalue weighted by molar-refractivity contribution is 0.130. The summed E-state index contributed by atoms with van der Waals surface area (Å²) in [6.45, 7) is 4.61. The summed E-state index contributed by atoms with van der Waals surface area (Å²) in [5, 5.41) is 10.4. The summed E-state index contributed by atoms with van der Waals surface area (Å²) in [7, 11) is 0. The first-order chi connectivity index (χ1) is 9.63. The van der Waals surface area contributed by atoms with Gasteiger partial charge in [-0.05, 0) is 50.4 Å². The van der Waals surface area contributed by atoms with Crippen LogP contribution in [-0.2, 0) is 13.0 Å². The zero-order valence-electron chi connectivity index (χ0n) is 11.9. The molecule has 1 aromatic carbocycles. The van der Waals surface area contributed by atoms with E-state index in [1.807, 2.05) is 19.1 Å². The Hall–Kier alpha value is -0.770. The molecule has 2 heterocycles. The Bertz CT molecular complexity index is 490. The number of aliphatic hydroxyl groups is 1. The molecule has 0 aliphatic carbocycles. The fraction of sp³-hybridized carbons (Fsp3) is 0.625. The van der Waals surface area contributed by atoms with Crippen LogP contribution in [0.2, 0.25) is 5.02 Å². The van der Waals surface area contributed by atoms with Crippen molar-refractivity contribution in [3.8, 4) is 5.75 Å². The van der Waals surface area contributed by atoms with Gasteiger partial charge in [-0.3, -0.25) is 4.90 Å². The van der Waals surface area contributed by atoms with Gasteiger partial charge in [-0.2, -0.15) is 0 Å². The number of aliphatic hydroxyl groups excluding tert-OH is 1. The molecular formula is C16H22ClNO2. The van der Waals surface area contributed by atoms with E-state index in [4.69, 9.17) is 16.3 Å². The van der Waals surface area contributed by atoms with E-state index in [9.17, 15) is 5.11 Å². The summed E-state index contributed by atoms with van der Waals surface area (Å²) in [4.78, 5) is 2.46. The molecule has 2 aliphatic rings. The van der Waals surface area contributed by atoms with Gasteiger partial charge in [-0.25, -0.2) is 0 Å². The molecule has 20 heavy (non-hydrogen) atoms. The van der Waals surface area contributed by atoms with E-state index in [0.29, 0.717) is 6.04 Å². The highest BCUT2D eigenvalue weighted by Gasteiger charge is 2.27. The molecule has 0 spiro atoms. The van der Waals surface area contributed by atoms with Crippen molar-refractivity contribution in [2.75, 3.05) is 13.2 Å². The fourth-order valence-electron chi connectivity index (χ4n) is 3.45. The molecule has 3 rings (SSSR count). The van der Waals surface area contributed by atoms with Crippen LogP contribution >= 0.6 is 11.6 Å². The maximum absolute atomic E-state index is 9.62. The second kappa shape index (κ2) is 5.92. The van der Waals surface area contributed by atoms with Crippen LogP contribution in [0.25, 0.3) is 0 Å². The van der Waals surface area contributed by atoms with Crippen LogP contribution < -0.4 is 4.74 Å². The SMILES string of the molecule is CC(O)CC1CCCN1Cc1cc(Cl)cc2c1OCC2. The summed E-state index contributed by atoms with van der Waals surface area (Å²) < 4.78 is 5.78. The first-order valence-corrected chi connectivity index (χ1v) is 7.87. The topological polar surface area (TPSA) is 32.7 Å². The Morgan fingerprint density at radius 2 is 2.35 bits per heavy atom. The molecule has 1 fully saturated rings. The first kappa shape index (κ1) is 14.2. The van der Waals surface area contributed by atoms with Crippen molar-refractivity contribution in [3.05, 3.63) is 28.3 Å². The van der Waals surface area contributed by atoms with Crippen molar-refractivity contribution in [1.29, 1.82) is 0 Å². The lowest BCUT2D eigenvalue weighted by Crippen LogP contribution is -2.31. The molecule has 0 aromatic heterocycles. The molecule has 4 heteroatoms. The number of fused-ring (bicyclic) bond motifs is 1. The molecule has 2 atom stereocenters. The van der Waals surface area contributed by atoms with Gasteiger partial charge in [0, 0.05) is 29.6 Å². The third kappa shape index (κ3) is 2.95. The number of hydrogen-bond donors (Lipinski definition) is 1. The van der Waals surface area contributed by atoms with Crippen LogP contribution in [0.4, 0.5) is 0 Å². The van der Waals surface area contributed by atoms with Gasteiger partial charge in [0.05, 0.1) is 12.7 Å². The van der Waals surface area contributed by atoms with Crippen molar-refractivity contribution < 1.29 is 9.84 Å². The number of hydrogen-bond acceptors (Lipinski definition) is 3. The van der Waals surface area contributed by atoms with Gasteiger partial charge in [0.25, 0.3) is 0 Å². The van der Waals surface area contributed by atoms with E-state index >= 15 is 0 Å². The summed E-state index contributed by atoms with van der Waals surface area (Å²) in [6.07, 6.45) is 3.96. The predicted octanol–water partition coefficient (Wildman–Crippen LogP) is 3.01. The molecule has 0 amide bonds. The number of rotatable bonds is 4. The molecule has 0 radical (unpaired) electrons. The largest absolute Gasteiger partial charge is 0.493 e. The Labute approximate surface area is 125 Å². The Balaban J connectivity index is 1.77. The lowest BCUT2D eigenvalue weighted by atomic mass is 10.1. The van der Waals surface area contributed by atoms with Gasteiger partial charge in [-0.1, -0.05) is 11.6 Å².